The van der Waals surface area contributed by atoms with Crippen LogP contribution in [0.15, 0.2) is 44.4 Å². The van der Waals surface area contributed by atoms with Crippen molar-refractivity contribution >= 4 is 54.3 Å². The van der Waals surface area contributed by atoms with Crippen molar-refractivity contribution in [3.63, 3.8) is 0 Å². The number of nitrogens with one attached hydrogen (secondary N) is 2. The highest BCUT2D eigenvalue weighted by Gasteiger charge is 2.27. The zero-order valence-electron chi connectivity index (χ0n) is 12.1. The summed E-state index contributed by atoms with van der Waals surface area (Å²) >= 11 is 4.20. The second kappa shape index (κ2) is 6.63. The van der Waals surface area contributed by atoms with Gasteiger partial charge in [-0.05, 0) is 40.2 Å². The normalized spacial score (nSPS) is 13.2. The van der Waals surface area contributed by atoms with Gasteiger partial charge in [-0.15, -0.1) is 11.3 Å². The summed E-state index contributed by atoms with van der Waals surface area (Å²) in [5.74, 6) is -0.867. The zero-order chi connectivity index (χ0) is 17.3. The molecule has 0 spiro atoms. The van der Waals surface area contributed by atoms with Crippen LogP contribution < -0.4 is 4.72 Å². The summed E-state index contributed by atoms with van der Waals surface area (Å²) < 4.78 is 27.5. The van der Waals surface area contributed by atoms with Gasteiger partial charge in [0, 0.05) is 6.42 Å². The number of fused-ring (bicyclic) bond motifs is 1. The van der Waals surface area contributed by atoms with Crippen molar-refractivity contribution in [3.8, 4) is 0 Å². The van der Waals surface area contributed by atoms with Gasteiger partial charge in [-0.25, -0.2) is 13.4 Å². The summed E-state index contributed by atoms with van der Waals surface area (Å²) in [6, 6.07) is 8.94. The Bertz CT molecular complexity index is 963. The average molecular weight is 430 g/mol. The van der Waals surface area contributed by atoms with Crippen molar-refractivity contribution in [3.05, 3.63) is 46.0 Å². The Hall–Kier alpha value is -1.75. The van der Waals surface area contributed by atoms with E-state index >= 15 is 0 Å². The fourth-order valence-electron chi connectivity index (χ4n) is 2.16. The Morgan fingerprint density at radius 3 is 2.71 bits per heavy atom. The maximum atomic E-state index is 12.3. The molecule has 3 aromatic rings. The van der Waals surface area contributed by atoms with Crippen molar-refractivity contribution < 1.29 is 18.3 Å². The van der Waals surface area contributed by atoms with Crippen molar-refractivity contribution in [2.24, 2.45) is 0 Å². The van der Waals surface area contributed by atoms with E-state index < -0.39 is 22.0 Å². The van der Waals surface area contributed by atoms with E-state index in [1.807, 2.05) is 18.2 Å². The molecule has 0 aliphatic heterocycles. The Balaban J connectivity index is 1.83. The van der Waals surface area contributed by atoms with Crippen molar-refractivity contribution in [2.75, 3.05) is 0 Å². The Morgan fingerprint density at radius 1 is 1.33 bits per heavy atom. The molecular weight excluding hydrogens is 418 g/mol. The van der Waals surface area contributed by atoms with Gasteiger partial charge in [0.05, 0.1) is 14.8 Å². The Labute approximate surface area is 149 Å². The van der Waals surface area contributed by atoms with Crippen LogP contribution in [0, 0.1) is 0 Å². The summed E-state index contributed by atoms with van der Waals surface area (Å²) in [6.45, 7) is 0. The molecule has 0 saturated carbocycles. The van der Waals surface area contributed by atoms with Crippen LogP contribution in [0.1, 0.15) is 5.82 Å². The number of rotatable bonds is 6. The zero-order valence-corrected chi connectivity index (χ0v) is 15.3. The summed E-state index contributed by atoms with van der Waals surface area (Å²) in [7, 11) is -3.92. The molecular formula is C14H12BrN3O4S2. The molecule has 3 N–H and O–H groups in total. The lowest BCUT2D eigenvalue weighted by molar-refractivity contribution is -0.138. The minimum atomic E-state index is -3.92. The van der Waals surface area contributed by atoms with Crippen molar-refractivity contribution in [1.82, 2.24) is 14.7 Å². The molecule has 2 aromatic heterocycles. The summed E-state index contributed by atoms with van der Waals surface area (Å²) in [4.78, 5) is 18.7. The SMILES string of the molecule is O=C(O)[C@H](Cc1nc2ccccc2[nH]1)NS(=O)(=O)c1ccc(Br)s1. The minimum absolute atomic E-state index is 0.0465. The quantitative estimate of drug-likeness (QED) is 0.556. The van der Waals surface area contributed by atoms with Crippen LogP contribution in [0.2, 0.25) is 0 Å². The van der Waals surface area contributed by atoms with Gasteiger partial charge in [0.2, 0.25) is 0 Å². The summed E-state index contributed by atoms with van der Waals surface area (Å²) in [6.07, 6.45) is -0.0875. The number of imidazole rings is 1. The predicted octanol–water partition coefficient (Wildman–Crippen LogP) is 2.36. The van der Waals surface area contributed by atoms with E-state index in [2.05, 4.69) is 30.6 Å². The number of sulfonamides is 1. The smallest absolute Gasteiger partial charge is 0.322 e. The van der Waals surface area contributed by atoms with E-state index in [4.69, 9.17) is 0 Å². The lowest BCUT2D eigenvalue weighted by Crippen LogP contribution is -2.42. The first-order valence-corrected chi connectivity index (χ1v) is 9.88. The van der Waals surface area contributed by atoms with Gasteiger partial charge in [-0.3, -0.25) is 4.79 Å². The molecule has 3 rings (SSSR count). The summed E-state index contributed by atoms with van der Waals surface area (Å²) in [5, 5.41) is 9.35. The van der Waals surface area contributed by atoms with Gasteiger partial charge in [-0.1, -0.05) is 12.1 Å². The number of aliphatic carboxylic acids is 1. The van der Waals surface area contributed by atoms with E-state index in [1.165, 1.54) is 6.07 Å². The number of carboxylic acid groups (broad SMARTS) is 1. The molecule has 0 bridgehead atoms. The number of carbonyl (C=O) groups is 1. The molecule has 0 aliphatic carbocycles. The molecule has 126 valence electrons. The summed E-state index contributed by atoms with van der Waals surface area (Å²) in [5.41, 5.74) is 1.46. The topological polar surface area (TPSA) is 112 Å². The highest BCUT2D eigenvalue weighted by molar-refractivity contribution is 9.11. The number of aromatic amines is 1. The molecule has 2 heterocycles. The number of benzene rings is 1. The van der Waals surface area contributed by atoms with E-state index in [1.54, 1.807) is 12.1 Å². The Kier molecular flexibility index (Phi) is 4.72. The maximum absolute atomic E-state index is 12.3. The van der Waals surface area contributed by atoms with E-state index in [-0.39, 0.29) is 10.6 Å². The first kappa shape index (κ1) is 17.1. The van der Waals surface area contributed by atoms with Gasteiger partial charge >= 0.3 is 5.97 Å². The lowest BCUT2D eigenvalue weighted by Gasteiger charge is -2.12. The van der Waals surface area contributed by atoms with Crippen LogP contribution in [0.5, 0.6) is 0 Å². The van der Waals surface area contributed by atoms with Gasteiger partial charge in [-0.2, -0.15) is 4.72 Å². The van der Waals surface area contributed by atoms with Crippen LogP contribution in [0.25, 0.3) is 11.0 Å². The predicted molar refractivity (Wildman–Crippen MR) is 93.6 cm³/mol. The van der Waals surface area contributed by atoms with Crippen LogP contribution in [-0.4, -0.2) is 35.5 Å². The average Bonchev–Trinajstić information content (AvgIpc) is 3.12. The molecule has 0 fully saturated rings. The molecule has 0 amide bonds. The third-order valence-corrected chi connectivity index (χ3v) is 6.83. The molecule has 10 heteroatoms. The highest BCUT2D eigenvalue weighted by atomic mass is 79.9. The number of hydrogen-bond acceptors (Lipinski definition) is 5. The van der Waals surface area contributed by atoms with Crippen LogP contribution >= 0.6 is 27.3 Å². The van der Waals surface area contributed by atoms with Crippen molar-refractivity contribution in [2.45, 2.75) is 16.7 Å². The lowest BCUT2D eigenvalue weighted by atomic mass is 10.2. The molecule has 1 aromatic carbocycles. The first-order chi connectivity index (χ1) is 11.3. The minimum Gasteiger partial charge on any atom is -0.480 e. The van der Waals surface area contributed by atoms with Gasteiger partial charge in [0.25, 0.3) is 10.0 Å². The number of aromatic nitrogens is 2. The van der Waals surface area contributed by atoms with Gasteiger partial charge in [0.1, 0.15) is 16.1 Å². The highest BCUT2D eigenvalue weighted by Crippen LogP contribution is 2.26. The molecule has 0 radical (unpaired) electrons. The number of halogens is 1. The number of thiophene rings is 1. The molecule has 0 unspecified atom stereocenters. The van der Waals surface area contributed by atoms with Gasteiger partial charge in [0.15, 0.2) is 0 Å². The van der Waals surface area contributed by atoms with Crippen LogP contribution in [0.3, 0.4) is 0 Å². The van der Waals surface area contributed by atoms with E-state index in [0.717, 1.165) is 16.9 Å². The third-order valence-electron chi connectivity index (χ3n) is 3.24. The van der Waals surface area contributed by atoms with E-state index in [0.29, 0.717) is 15.1 Å². The van der Waals surface area contributed by atoms with Crippen LogP contribution in [-0.2, 0) is 21.2 Å². The monoisotopic (exact) mass is 429 g/mol. The maximum Gasteiger partial charge on any atom is 0.322 e. The number of H-pyrrole nitrogens is 1. The number of hydrogen-bond donors (Lipinski definition) is 3. The molecule has 24 heavy (non-hydrogen) atoms. The fourth-order valence-corrected chi connectivity index (χ4v) is 5.38. The second-order valence-corrected chi connectivity index (χ2v) is 9.38. The van der Waals surface area contributed by atoms with Crippen LogP contribution in [0.4, 0.5) is 0 Å². The standard InChI is InChI=1S/C14H12BrN3O4S2/c15-11-5-6-13(23-11)24(21,22)18-10(14(19)20)7-12-16-8-3-1-2-4-9(8)17-12/h1-6,10,18H,7H2,(H,16,17)(H,19,20)/t10-/m0/s1. The third kappa shape index (κ3) is 3.66. The van der Waals surface area contributed by atoms with E-state index in [9.17, 15) is 18.3 Å². The molecule has 0 saturated heterocycles. The molecule has 1 atom stereocenters. The largest absolute Gasteiger partial charge is 0.480 e. The number of para-hydroxylation sites is 2. The van der Waals surface area contributed by atoms with Crippen molar-refractivity contribution in [1.29, 1.82) is 0 Å². The first-order valence-electron chi connectivity index (χ1n) is 6.79. The number of carboxylic acids is 1. The molecule has 7 nitrogen and oxygen atoms in total. The second-order valence-electron chi connectivity index (χ2n) is 4.98. The molecule has 0 aliphatic rings. The fraction of sp³-hybridized carbons (Fsp3) is 0.143. The van der Waals surface area contributed by atoms with Gasteiger partial charge < -0.3 is 10.1 Å². The number of nitrogens with zero attached hydrogens (tertiary/aromatic N) is 1. The Morgan fingerprint density at radius 2 is 2.08 bits per heavy atom.